The van der Waals surface area contributed by atoms with Crippen LogP contribution in [0.5, 0.6) is 5.75 Å². The van der Waals surface area contributed by atoms with Gasteiger partial charge in [0.05, 0.1) is 5.69 Å². The highest BCUT2D eigenvalue weighted by Gasteiger charge is 2.31. The monoisotopic (exact) mass is 326 g/mol. The van der Waals surface area contributed by atoms with Crippen LogP contribution in [0.25, 0.3) is 0 Å². The molecule has 0 bridgehead atoms. The van der Waals surface area contributed by atoms with Gasteiger partial charge in [-0.15, -0.1) is 24.9 Å². The van der Waals surface area contributed by atoms with Crippen LogP contribution in [-0.2, 0) is 0 Å². The summed E-state index contributed by atoms with van der Waals surface area (Å²) in [6, 6.07) is 2.73. The van der Waals surface area contributed by atoms with Gasteiger partial charge in [0.1, 0.15) is 5.75 Å². The zero-order valence-electron chi connectivity index (χ0n) is 11.2. The Hall–Kier alpha value is -1.65. The highest BCUT2D eigenvalue weighted by Crippen LogP contribution is 2.33. The minimum absolute atomic E-state index is 0.306. The minimum atomic E-state index is -4.77. The summed E-state index contributed by atoms with van der Waals surface area (Å²) in [5, 5.41) is 2.31. The molecule has 6 nitrogen and oxygen atoms in total. The molecule has 1 aromatic rings. The van der Waals surface area contributed by atoms with Crippen LogP contribution in [0.2, 0.25) is 0 Å². The molecule has 0 saturated carbocycles. The van der Waals surface area contributed by atoms with Gasteiger partial charge < -0.3 is 27.3 Å². The predicted octanol–water partition coefficient (Wildman–Crippen LogP) is 1.70. The van der Waals surface area contributed by atoms with E-state index in [1.165, 1.54) is 30.9 Å². The lowest BCUT2D eigenvalue weighted by molar-refractivity contribution is -0.274. The van der Waals surface area contributed by atoms with Crippen LogP contribution >= 0.6 is 11.8 Å². The Morgan fingerprint density at radius 1 is 1.38 bits per heavy atom. The second-order valence-corrected chi connectivity index (χ2v) is 4.47. The normalized spacial score (nSPS) is 10.4. The molecule has 2 amide bonds. The van der Waals surface area contributed by atoms with E-state index in [1.54, 1.807) is 0 Å². The number of nitrogens with one attached hydrogen (secondary N) is 1. The first kappa shape index (κ1) is 19.4. The fraction of sp³-hybridized carbons (Fsp3) is 0.364. The molecule has 21 heavy (non-hydrogen) atoms. The molecule has 0 heterocycles. The van der Waals surface area contributed by atoms with E-state index in [4.69, 9.17) is 11.5 Å². The Balaban J connectivity index is 0.00000191. The Morgan fingerprint density at radius 2 is 2.00 bits per heavy atom. The Morgan fingerprint density at radius 3 is 2.48 bits per heavy atom. The number of anilines is 1. The third kappa shape index (κ3) is 8.27. The number of hydrogen-bond donors (Lipinski definition) is 4. The van der Waals surface area contributed by atoms with Crippen molar-refractivity contribution in [3.8, 4) is 5.75 Å². The number of primary amides is 1. The molecular weight excluding hydrogens is 309 g/mol. The van der Waals surface area contributed by atoms with Gasteiger partial charge in [0, 0.05) is 17.2 Å². The highest BCUT2D eigenvalue weighted by atomic mass is 32.2. The lowest BCUT2D eigenvalue weighted by atomic mass is 10.3. The number of urea groups is 1. The second kappa shape index (κ2) is 9.32. The van der Waals surface area contributed by atoms with Crippen LogP contribution < -0.4 is 27.3 Å². The van der Waals surface area contributed by atoms with Gasteiger partial charge in [0.15, 0.2) is 0 Å². The van der Waals surface area contributed by atoms with Gasteiger partial charge in [-0.05, 0) is 25.2 Å². The summed E-state index contributed by atoms with van der Waals surface area (Å²) in [5.74, 6) is 0.102. The van der Waals surface area contributed by atoms with E-state index in [1.807, 2.05) is 0 Å². The van der Waals surface area contributed by atoms with Crippen LogP contribution in [0.15, 0.2) is 23.1 Å². The molecule has 7 N–H and O–H groups in total. The predicted molar refractivity (Wildman–Crippen MR) is 76.2 cm³/mol. The molecule has 0 aliphatic heterocycles. The van der Waals surface area contributed by atoms with Crippen molar-refractivity contribution in [3.05, 3.63) is 18.2 Å². The largest absolute Gasteiger partial charge is 0.573 e. The number of rotatable bonds is 5. The van der Waals surface area contributed by atoms with Gasteiger partial charge in [-0.3, -0.25) is 0 Å². The maximum atomic E-state index is 12.1. The summed E-state index contributed by atoms with van der Waals surface area (Å²) < 4.78 is 40.1. The third-order valence-electron chi connectivity index (χ3n) is 1.82. The fourth-order valence-corrected chi connectivity index (χ4v) is 2.04. The van der Waals surface area contributed by atoms with Crippen LogP contribution in [0.1, 0.15) is 0 Å². The van der Waals surface area contributed by atoms with Crippen molar-refractivity contribution in [2.75, 3.05) is 24.7 Å². The Labute approximate surface area is 124 Å². The van der Waals surface area contributed by atoms with Crippen molar-refractivity contribution in [3.63, 3.8) is 0 Å². The van der Waals surface area contributed by atoms with Crippen molar-refractivity contribution in [1.29, 1.82) is 0 Å². The number of hydrogen-bond acceptors (Lipinski definition) is 5. The van der Waals surface area contributed by atoms with Crippen molar-refractivity contribution in [1.82, 2.24) is 0 Å². The van der Waals surface area contributed by atoms with Crippen LogP contribution in [0.4, 0.5) is 23.7 Å². The standard InChI is InChI=1S/C10H12F3N3O2S.CH5N/c11-10(12,13)18-6-1-2-7(16-9(15)17)8(5-6)19-4-3-14;1-2/h1-2,5H,3-4,14H2,(H3,15,16,17);2H2,1H3. The van der Waals surface area contributed by atoms with Gasteiger partial charge in [0.2, 0.25) is 0 Å². The number of amides is 2. The number of alkyl halides is 3. The van der Waals surface area contributed by atoms with Crippen molar-refractivity contribution >= 4 is 23.5 Å². The van der Waals surface area contributed by atoms with Crippen molar-refractivity contribution in [2.24, 2.45) is 17.2 Å². The average Bonchev–Trinajstić information content (AvgIpc) is 2.39. The van der Waals surface area contributed by atoms with E-state index < -0.39 is 12.4 Å². The molecule has 1 rings (SSSR count). The van der Waals surface area contributed by atoms with Crippen LogP contribution in [-0.4, -0.2) is 31.7 Å². The molecule has 120 valence electrons. The zero-order valence-corrected chi connectivity index (χ0v) is 12.1. The zero-order chi connectivity index (χ0) is 16.5. The highest BCUT2D eigenvalue weighted by molar-refractivity contribution is 7.99. The number of carbonyl (C=O) groups is 1. The van der Waals surface area contributed by atoms with Gasteiger partial charge in [-0.25, -0.2) is 4.79 Å². The lowest BCUT2D eigenvalue weighted by Gasteiger charge is -2.13. The van der Waals surface area contributed by atoms with Gasteiger partial charge in [-0.2, -0.15) is 0 Å². The summed E-state index contributed by atoms with van der Waals surface area (Å²) >= 11 is 1.19. The quantitative estimate of drug-likeness (QED) is 0.615. The van der Waals surface area contributed by atoms with Crippen molar-refractivity contribution in [2.45, 2.75) is 11.3 Å². The Bertz CT molecular complexity index is 458. The first-order valence-corrected chi connectivity index (χ1v) is 6.67. The molecule has 0 spiro atoms. The van der Waals surface area contributed by atoms with Crippen LogP contribution in [0.3, 0.4) is 0 Å². The maximum Gasteiger partial charge on any atom is 0.573 e. The molecule has 0 radical (unpaired) electrons. The SMILES string of the molecule is CN.NCCSc1cc(OC(F)(F)F)ccc1NC(N)=O. The molecule has 0 aromatic heterocycles. The molecule has 0 aliphatic rings. The number of benzene rings is 1. The molecule has 1 aromatic carbocycles. The van der Waals surface area contributed by atoms with E-state index in [0.717, 1.165) is 6.07 Å². The van der Waals surface area contributed by atoms with Gasteiger partial charge >= 0.3 is 12.4 Å². The Kier molecular flexibility index (Phi) is 8.58. The van der Waals surface area contributed by atoms with E-state index in [9.17, 15) is 18.0 Å². The molecule has 0 aliphatic carbocycles. The molecule has 0 saturated heterocycles. The molecule has 0 atom stereocenters. The van der Waals surface area contributed by atoms with E-state index in [2.05, 4.69) is 15.8 Å². The number of ether oxygens (including phenoxy) is 1. The molecule has 0 unspecified atom stereocenters. The number of nitrogens with two attached hydrogens (primary N) is 3. The third-order valence-corrected chi connectivity index (χ3v) is 2.91. The first-order valence-electron chi connectivity index (χ1n) is 5.68. The van der Waals surface area contributed by atoms with Gasteiger partial charge in [-0.1, -0.05) is 0 Å². The summed E-state index contributed by atoms with van der Waals surface area (Å²) in [6.45, 7) is 0.338. The minimum Gasteiger partial charge on any atom is -0.406 e. The van der Waals surface area contributed by atoms with Crippen LogP contribution in [0, 0.1) is 0 Å². The van der Waals surface area contributed by atoms with E-state index in [0.29, 0.717) is 22.9 Å². The second-order valence-electron chi connectivity index (χ2n) is 3.33. The topological polar surface area (TPSA) is 116 Å². The van der Waals surface area contributed by atoms with E-state index >= 15 is 0 Å². The first-order chi connectivity index (χ1) is 9.81. The summed E-state index contributed by atoms with van der Waals surface area (Å²) in [6.07, 6.45) is -4.77. The van der Waals surface area contributed by atoms with E-state index in [-0.39, 0.29) is 5.75 Å². The maximum absolute atomic E-state index is 12.1. The number of carbonyl (C=O) groups excluding carboxylic acids is 1. The molecule has 0 fully saturated rings. The molecular formula is C11H17F3N4O2S. The summed E-state index contributed by atoms with van der Waals surface area (Å²) in [4.78, 5) is 11.2. The average molecular weight is 326 g/mol. The number of thioether (sulfide) groups is 1. The van der Waals surface area contributed by atoms with Crippen molar-refractivity contribution < 1.29 is 22.7 Å². The smallest absolute Gasteiger partial charge is 0.406 e. The lowest BCUT2D eigenvalue weighted by Crippen LogP contribution is -2.20. The molecule has 10 heteroatoms. The number of halogens is 3. The summed E-state index contributed by atoms with van der Waals surface area (Å²) in [7, 11) is 1.50. The summed E-state index contributed by atoms with van der Waals surface area (Å²) in [5.41, 5.74) is 15.1. The fourth-order valence-electron chi connectivity index (χ4n) is 1.22. The van der Waals surface area contributed by atoms with Gasteiger partial charge in [0.25, 0.3) is 0 Å².